The Kier molecular flexibility index (Phi) is 4.42. The smallest absolute Gasteiger partial charge is 0.344 e. The summed E-state index contributed by atoms with van der Waals surface area (Å²) in [4.78, 5) is 27.7. The molecule has 5 aromatic rings. The molecule has 0 radical (unpaired) electrons. The van der Waals surface area contributed by atoms with Crippen molar-refractivity contribution in [1.82, 2.24) is 0 Å². The van der Waals surface area contributed by atoms with Gasteiger partial charge in [-0.1, -0.05) is 86.5 Å². The van der Waals surface area contributed by atoms with Gasteiger partial charge in [0, 0.05) is 31.6 Å². The van der Waals surface area contributed by atoms with Crippen LogP contribution in [0.2, 0.25) is 0 Å². The molecule has 0 unspecified atom stereocenters. The van der Waals surface area contributed by atoms with Crippen molar-refractivity contribution in [1.29, 1.82) is 0 Å². The molecule has 0 aliphatic heterocycles. The van der Waals surface area contributed by atoms with E-state index in [9.17, 15) is 9.59 Å². The molecule has 0 saturated heterocycles. The minimum atomic E-state index is -0.983. The number of carbonyl (C=O) groups excluding carboxylic acids is 1. The zero-order chi connectivity index (χ0) is 23.9. The second kappa shape index (κ2) is 7.36. The molecular weight excluding hydrogens is 568 g/mol. The fourth-order valence-electron chi connectivity index (χ4n) is 6.11. The summed E-state index contributed by atoms with van der Waals surface area (Å²) in [6.07, 6.45) is 0. The Hall–Kier alpha value is -3.28. The molecule has 2 atom stereocenters. The van der Waals surface area contributed by atoms with E-state index in [0.29, 0.717) is 16.7 Å². The van der Waals surface area contributed by atoms with Crippen LogP contribution in [0, 0.1) is 0 Å². The normalized spacial score (nSPS) is 19.7. The zero-order valence-corrected chi connectivity index (χ0v) is 21.4. The number of ketones is 1. The Morgan fingerprint density at radius 2 is 1.43 bits per heavy atom. The summed E-state index contributed by atoms with van der Waals surface area (Å²) in [6, 6.07) is 29.3. The van der Waals surface area contributed by atoms with Gasteiger partial charge >= 0.3 is 5.63 Å². The van der Waals surface area contributed by atoms with Gasteiger partial charge in [-0.15, -0.1) is 0 Å². The molecule has 0 amide bonds. The lowest BCUT2D eigenvalue weighted by molar-refractivity contribution is 0.0920. The van der Waals surface area contributed by atoms with Crippen molar-refractivity contribution < 1.29 is 9.21 Å². The van der Waals surface area contributed by atoms with Crippen molar-refractivity contribution in [2.45, 2.75) is 11.3 Å². The average molecular weight is 584 g/mol. The van der Waals surface area contributed by atoms with E-state index in [1.807, 2.05) is 84.9 Å². The van der Waals surface area contributed by atoms with E-state index in [1.54, 1.807) is 6.07 Å². The highest BCUT2D eigenvalue weighted by Crippen LogP contribution is 2.62. The predicted molar refractivity (Wildman–Crippen MR) is 143 cm³/mol. The molecular formula is C30H16Br2O3. The first kappa shape index (κ1) is 21.0. The maximum absolute atomic E-state index is 14.6. The van der Waals surface area contributed by atoms with E-state index in [4.69, 9.17) is 4.42 Å². The number of halogens is 2. The van der Waals surface area contributed by atoms with Gasteiger partial charge in [-0.25, -0.2) is 4.79 Å². The molecule has 2 aliphatic carbocycles. The molecule has 1 heterocycles. The van der Waals surface area contributed by atoms with Crippen molar-refractivity contribution in [3.05, 3.63) is 138 Å². The Morgan fingerprint density at radius 3 is 2.26 bits per heavy atom. The minimum absolute atomic E-state index is 0.0589. The summed E-state index contributed by atoms with van der Waals surface area (Å²) in [5.41, 5.74) is 3.69. The van der Waals surface area contributed by atoms with Gasteiger partial charge in [0.25, 0.3) is 0 Å². The van der Waals surface area contributed by atoms with E-state index in [2.05, 4.69) is 31.9 Å². The van der Waals surface area contributed by atoms with E-state index < -0.39 is 5.41 Å². The van der Waals surface area contributed by atoms with Crippen molar-refractivity contribution in [3.8, 4) is 11.3 Å². The number of Topliss-reactive ketones (excluding diaryl/α,β-unsaturated/α-hetero) is 1. The first-order chi connectivity index (χ1) is 17.0. The fraction of sp³-hybridized carbons (Fsp3) is 0.0667. The number of hydrogen-bond acceptors (Lipinski definition) is 3. The molecule has 1 aromatic heterocycles. The summed E-state index contributed by atoms with van der Waals surface area (Å²) in [6.45, 7) is 0. The lowest BCUT2D eigenvalue weighted by Gasteiger charge is -2.41. The maximum Gasteiger partial charge on any atom is 0.344 e. The Bertz CT molecular complexity index is 1770. The molecule has 35 heavy (non-hydrogen) atoms. The van der Waals surface area contributed by atoms with E-state index in [-0.39, 0.29) is 17.3 Å². The van der Waals surface area contributed by atoms with E-state index in [1.165, 1.54) is 0 Å². The van der Waals surface area contributed by atoms with Gasteiger partial charge in [0.1, 0.15) is 5.76 Å². The quantitative estimate of drug-likeness (QED) is 0.204. The minimum Gasteiger partial charge on any atom is -0.422 e. The number of benzene rings is 4. The number of fused-ring (bicyclic) bond motifs is 10. The highest BCUT2D eigenvalue weighted by molar-refractivity contribution is 9.10. The summed E-state index contributed by atoms with van der Waals surface area (Å²) in [5, 5.41) is 1.30. The molecule has 5 heteroatoms. The van der Waals surface area contributed by atoms with Crippen molar-refractivity contribution >= 4 is 48.4 Å². The molecule has 3 nitrogen and oxygen atoms in total. The van der Waals surface area contributed by atoms with Gasteiger partial charge in [-0.3, -0.25) is 4.79 Å². The third-order valence-corrected chi connectivity index (χ3v) is 8.39. The zero-order valence-electron chi connectivity index (χ0n) is 18.2. The molecule has 0 fully saturated rings. The molecule has 0 bridgehead atoms. The molecule has 0 spiro atoms. The van der Waals surface area contributed by atoms with Crippen LogP contribution in [-0.4, -0.2) is 5.78 Å². The summed E-state index contributed by atoms with van der Waals surface area (Å²) in [7, 11) is 0. The fourth-order valence-corrected chi connectivity index (χ4v) is 6.85. The SMILES string of the molecule is O=C1c2ccc(Br)cc2[C@H]2c3c(oc(=O)c4ccc(Br)cc34)-c3ccccc3[C@@]12c1ccccc1. The van der Waals surface area contributed by atoms with E-state index >= 15 is 0 Å². The second-order valence-corrected chi connectivity index (χ2v) is 10.9. The van der Waals surface area contributed by atoms with Crippen molar-refractivity contribution in [3.63, 3.8) is 0 Å². The lowest BCUT2D eigenvalue weighted by Crippen LogP contribution is -2.41. The molecule has 168 valence electrons. The van der Waals surface area contributed by atoms with Crippen LogP contribution in [0.25, 0.3) is 22.1 Å². The molecule has 7 rings (SSSR count). The van der Waals surface area contributed by atoms with Crippen molar-refractivity contribution in [2.75, 3.05) is 0 Å². The first-order valence-corrected chi connectivity index (χ1v) is 12.9. The molecule has 4 aromatic carbocycles. The summed E-state index contributed by atoms with van der Waals surface area (Å²) < 4.78 is 7.82. The summed E-state index contributed by atoms with van der Waals surface area (Å²) >= 11 is 7.22. The Morgan fingerprint density at radius 1 is 0.714 bits per heavy atom. The number of rotatable bonds is 1. The van der Waals surface area contributed by atoms with Gasteiger partial charge in [-0.2, -0.15) is 0 Å². The van der Waals surface area contributed by atoms with Crippen molar-refractivity contribution in [2.24, 2.45) is 0 Å². The van der Waals surface area contributed by atoms with Gasteiger partial charge in [-0.05, 0) is 58.5 Å². The van der Waals surface area contributed by atoms with Gasteiger partial charge in [0.2, 0.25) is 0 Å². The highest BCUT2D eigenvalue weighted by Gasteiger charge is 2.60. The lowest BCUT2D eigenvalue weighted by atomic mass is 9.58. The maximum atomic E-state index is 14.6. The summed E-state index contributed by atoms with van der Waals surface area (Å²) in [5.74, 6) is 0.230. The number of carbonyl (C=O) groups is 1. The largest absolute Gasteiger partial charge is 0.422 e. The van der Waals surface area contributed by atoms with Gasteiger partial charge in [0.05, 0.1) is 10.8 Å². The molecule has 0 saturated carbocycles. The third-order valence-electron chi connectivity index (χ3n) is 7.41. The highest BCUT2D eigenvalue weighted by atomic mass is 79.9. The second-order valence-electron chi connectivity index (χ2n) is 9.04. The standard InChI is InChI=1S/C30H16Br2O3/c31-17-11-13-20-22(14-17)25-26-23-15-18(32)10-12-19(23)28(33)30(26,16-6-2-1-3-7-16)24-9-5-4-8-21(24)27(25)35-29(20)34/h1-15,26H/t26-,30+/m0/s1. The average Bonchev–Trinajstić information content (AvgIpc) is 3.13. The van der Waals surface area contributed by atoms with Crippen LogP contribution in [0.15, 0.2) is 109 Å². The van der Waals surface area contributed by atoms with Crippen LogP contribution in [0.1, 0.15) is 38.5 Å². The van der Waals surface area contributed by atoms with Crippen LogP contribution in [0.4, 0.5) is 0 Å². The van der Waals surface area contributed by atoms with Crippen LogP contribution in [0.3, 0.4) is 0 Å². The van der Waals surface area contributed by atoms with E-state index in [0.717, 1.165) is 42.1 Å². The number of hydrogen-bond donors (Lipinski definition) is 0. The Balaban J connectivity index is 1.76. The monoisotopic (exact) mass is 582 g/mol. The van der Waals surface area contributed by atoms with Crippen LogP contribution < -0.4 is 5.63 Å². The third kappa shape index (κ3) is 2.65. The molecule has 0 N–H and O–H groups in total. The van der Waals surface area contributed by atoms with Gasteiger partial charge < -0.3 is 4.42 Å². The van der Waals surface area contributed by atoms with Crippen LogP contribution in [0.5, 0.6) is 0 Å². The van der Waals surface area contributed by atoms with Crippen LogP contribution in [-0.2, 0) is 5.41 Å². The van der Waals surface area contributed by atoms with Gasteiger partial charge in [0.15, 0.2) is 5.78 Å². The molecule has 2 aliphatic rings. The first-order valence-electron chi connectivity index (χ1n) is 11.3. The predicted octanol–water partition coefficient (Wildman–Crippen LogP) is 7.61. The van der Waals surface area contributed by atoms with Crippen LogP contribution >= 0.6 is 31.9 Å². The topological polar surface area (TPSA) is 47.3 Å². The Labute approximate surface area is 217 Å².